The van der Waals surface area contributed by atoms with Gasteiger partial charge in [0.25, 0.3) is 0 Å². The van der Waals surface area contributed by atoms with Gasteiger partial charge < -0.3 is 20.1 Å². The van der Waals surface area contributed by atoms with Crippen molar-refractivity contribution in [1.29, 1.82) is 0 Å². The van der Waals surface area contributed by atoms with E-state index in [1.807, 2.05) is 35.8 Å². The van der Waals surface area contributed by atoms with Gasteiger partial charge in [-0.1, -0.05) is 18.2 Å². The van der Waals surface area contributed by atoms with Crippen LogP contribution in [0.3, 0.4) is 0 Å². The topological polar surface area (TPSA) is 79.3 Å². The average Bonchev–Trinajstić information content (AvgIpc) is 3.43. The first-order valence-corrected chi connectivity index (χ1v) is 9.48. The first-order chi connectivity index (χ1) is 13.1. The van der Waals surface area contributed by atoms with E-state index in [-0.39, 0.29) is 17.9 Å². The molecule has 0 bridgehead atoms. The fourth-order valence-electron chi connectivity index (χ4n) is 3.40. The Kier molecular flexibility index (Phi) is 4.83. The van der Waals surface area contributed by atoms with E-state index >= 15 is 0 Å². The molecular formula is C20H25N5O2. The molecule has 2 heterocycles. The van der Waals surface area contributed by atoms with Crippen LogP contribution >= 0.6 is 0 Å². The van der Waals surface area contributed by atoms with E-state index < -0.39 is 0 Å². The highest BCUT2D eigenvalue weighted by atomic mass is 16.2. The van der Waals surface area contributed by atoms with Gasteiger partial charge in [-0.3, -0.25) is 4.79 Å². The van der Waals surface area contributed by atoms with Gasteiger partial charge in [0.05, 0.1) is 24.5 Å². The number of nitrogens with one attached hydrogen (secondary N) is 2. The summed E-state index contributed by atoms with van der Waals surface area (Å²) in [6.45, 7) is 4.06. The summed E-state index contributed by atoms with van der Waals surface area (Å²) in [5, 5.41) is 6.03. The quantitative estimate of drug-likeness (QED) is 0.871. The Hall–Kier alpha value is -2.83. The molecule has 0 spiro atoms. The van der Waals surface area contributed by atoms with Crippen molar-refractivity contribution in [2.24, 2.45) is 11.8 Å². The second-order valence-corrected chi connectivity index (χ2v) is 7.55. The van der Waals surface area contributed by atoms with E-state index in [0.29, 0.717) is 25.6 Å². The SMILES string of the molecule is Cc1ccccc1NC(=O)N1Cc2cncn2C[C@H](C(=O)NCC2CC2)C1. The molecule has 1 aliphatic heterocycles. The number of nitrogens with zero attached hydrogens (tertiary/aromatic N) is 3. The zero-order valence-corrected chi connectivity index (χ0v) is 15.5. The van der Waals surface area contributed by atoms with E-state index in [2.05, 4.69) is 15.6 Å². The molecule has 0 unspecified atom stereocenters. The molecule has 27 heavy (non-hydrogen) atoms. The molecule has 1 atom stereocenters. The van der Waals surface area contributed by atoms with Crippen LogP contribution < -0.4 is 10.6 Å². The zero-order chi connectivity index (χ0) is 18.8. The smallest absolute Gasteiger partial charge is 0.322 e. The van der Waals surface area contributed by atoms with Gasteiger partial charge in [0.2, 0.25) is 5.91 Å². The second-order valence-electron chi connectivity index (χ2n) is 7.55. The molecule has 7 heteroatoms. The molecule has 4 rings (SSSR count). The lowest BCUT2D eigenvalue weighted by molar-refractivity contribution is -0.125. The second kappa shape index (κ2) is 7.42. The van der Waals surface area contributed by atoms with Gasteiger partial charge in [-0.25, -0.2) is 9.78 Å². The Labute approximate surface area is 158 Å². The number of carbonyl (C=O) groups excluding carboxylic acids is 2. The molecule has 2 aromatic rings. The number of amides is 3. The molecule has 142 valence electrons. The first kappa shape index (κ1) is 17.6. The lowest BCUT2D eigenvalue weighted by atomic mass is 10.1. The minimum Gasteiger partial charge on any atom is -0.355 e. The number of anilines is 1. The van der Waals surface area contributed by atoms with E-state index in [9.17, 15) is 9.59 Å². The molecule has 1 fully saturated rings. The maximum absolute atomic E-state index is 12.9. The van der Waals surface area contributed by atoms with Crippen molar-refractivity contribution in [3.8, 4) is 0 Å². The van der Waals surface area contributed by atoms with Crippen LogP contribution in [0.2, 0.25) is 0 Å². The van der Waals surface area contributed by atoms with Gasteiger partial charge in [0.15, 0.2) is 0 Å². The van der Waals surface area contributed by atoms with Gasteiger partial charge in [-0.15, -0.1) is 0 Å². The maximum Gasteiger partial charge on any atom is 0.322 e. The van der Waals surface area contributed by atoms with Crippen LogP contribution in [0.1, 0.15) is 24.1 Å². The number of urea groups is 1. The summed E-state index contributed by atoms with van der Waals surface area (Å²) in [5.41, 5.74) is 2.73. The minimum absolute atomic E-state index is 0.0112. The monoisotopic (exact) mass is 367 g/mol. The number of imidazole rings is 1. The number of fused-ring (bicyclic) bond motifs is 1. The summed E-state index contributed by atoms with van der Waals surface area (Å²) >= 11 is 0. The Balaban J connectivity index is 1.49. The Morgan fingerprint density at radius 2 is 2.04 bits per heavy atom. The van der Waals surface area contributed by atoms with Crippen LogP contribution in [0.5, 0.6) is 0 Å². The summed E-state index contributed by atoms with van der Waals surface area (Å²) in [7, 11) is 0. The van der Waals surface area contributed by atoms with E-state index in [4.69, 9.17) is 0 Å². The number of carbonyl (C=O) groups is 2. The summed E-state index contributed by atoms with van der Waals surface area (Å²) < 4.78 is 1.97. The normalized spacial score (nSPS) is 19.1. The van der Waals surface area contributed by atoms with Crippen molar-refractivity contribution in [3.63, 3.8) is 0 Å². The van der Waals surface area contributed by atoms with Crippen LogP contribution in [-0.4, -0.2) is 39.5 Å². The molecule has 3 amide bonds. The molecule has 2 aliphatic rings. The Morgan fingerprint density at radius 3 is 2.81 bits per heavy atom. The summed E-state index contributed by atoms with van der Waals surface area (Å²) in [5.74, 6) is 0.350. The standard InChI is InChI=1S/C20H25N5O2/c1-14-4-2-3-5-18(14)23-20(27)24-10-16(19(26)22-8-15-6-7-15)11-25-13-21-9-17(25)12-24/h2-5,9,13,15-16H,6-8,10-12H2,1H3,(H,22,26)(H,23,27)/t16-/m1/s1. The minimum atomic E-state index is -0.290. The highest BCUT2D eigenvalue weighted by Crippen LogP contribution is 2.28. The number of rotatable bonds is 4. The van der Waals surface area contributed by atoms with Gasteiger partial charge in [-0.05, 0) is 37.3 Å². The Bertz CT molecular complexity index is 842. The lowest BCUT2D eigenvalue weighted by Gasteiger charge is -2.24. The molecular weight excluding hydrogens is 342 g/mol. The number of aryl methyl sites for hydroxylation is 1. The summed E-state index contributed by atoms with van der Waals surface area (Å²) in [6.07, 6.45) is 5.89. The third-order valence-electron chi connectivity index (χ3n) is 5.32. The molecule has 1 aliphatic carbocycles. The van der Waals surface area contributed by atoms with Gasteiger partial charge in [0, 0.05) is 31.5 Å². The van der Waals surface area contributed by atoms with Crippen molar-refractivity contribution in [1.82, 2.24) is 19.8 Å². The predicted octanol–water partition coefficient (Wildman–Crippen LogP) is 2.38. The van der Waals surface area contributed by atoms with Crippen molar-refractivity contribution in [2.45, 2.75) is 32.9 Å². The highest BCUT2D eigenvalue weighted by molar-refractivity contribution is 5.90. The molecule has 1 saturated carbocycles. The van der Waals surface area contributed by atoms with Crippen LogP contribution in [-0.2, 0) is 17.9 Å². The number of aromatic nitrogens is 2. The van der Waals surface area contributed by atoms with E-state index in [1.54, 1.807) is 17.4 Å². The lowest BCUT2D eigenvalue weighted by Crippen LogP contribution is -2.43. The van der Waals surface area contributed by atoms with Gasteiger partial charge in [0.1, 0.15) is 0 Å². The fraction of sp³-hybridized carbons (Fsp3) is 0.450. The van der Waals surface area contributed by atoms with Crippen LogP contribution in [0.15, 0.2) is 36.8 Å². The molecule has 1 aromatic heterocycles. The number of benzene rings is 1. The van der Waals surface area contributed by atoms with Crippen molar-refractivity contribution < 1.29 is 9.59 Å². The number of hydrogen-bond donors (Lipinski definition) is 2. The largest absolute Gasteiger partial charge is 0.355 e. The Morgan fingerprint density at radius 1 is 1.22 bits per heavy atom. The zero-order valence-electron chi connectivity index (χ0n) is 15.5. The van der Waals surface area contributed by atoms with Crippen LogP contribution in [0, 0.1) is 18.8 Å². The van der Waals surface area contributed by atoms with Gasteiger partial charge in [-0.2, -0.15) is 0 Å². The molecule has 0 saturated heterocycles. The average molecular weight is 367 g/mol. The summed E-state index contributed by atoms with van der Waals surface area (Å²) in [4.78, 5) is 31.5. The van der Waals surface area contributed by atoms with Crippen molar-refractivity contribution in [2.75, 3.05) is 18.4 Å². The molecule has 0 radical (unpaired) electrons. The van der Waals surface area contributed by atoms with Crippen LogP contribution in [0.4, 0.5) is 10.5 Å². The third-order valence-corrected chi connectivity index (χ3v) is 5.32. The fourth-order valence-corrected chi connectivity index (χ4v) is 3.40. The molecule has 1 aromatic carbocycles. The van der Waals surface area contributed by atoms with Gasteiger partial charge >= 0.3 is 6.03 Å². The highest BCUT2D eigenvalue weighted by Gasteiger charge is 2.31. The molecule has 2 N–H and O–H groups in total. The summed E-state index contributed by atoms with van der Waals surface area (Å²) in [6, 6.07) is 7.49. The predicted molar refractivity (Wildman–Crippen MR) is 102 cm³/mol. The van der Waals surface area contributed by atoms with E-state index in [0.717, 1.165) is 23.5 Å². The van der Waals surface area contributed by atoms with Crippen molar-refractivity contribution >= 4 is 17.6 Å². The first-order valence-electron chi connectivity index (χ1n) is 9.48. The maximum atomic E-state index is 12.9. The number of para-hydroxylation sites is 1. The van der Waals surface area contributed by atoms with Crippen LogP contribution in [0.25, 0.3) is 0 Å². The van der Waals surface area contributed by atoms with E-state index in [1.165, 1.54) is 12.8 Å². The third kappa shape index (κ3) is 4.13. The number of hydrogen-bond acceptors (Lipinski definition) is 3. The van der Waals surface area contributed by atoms with Crippen molar-refractivity contribution in [3.05, 3.63) is 48.0 Å². The molecule has 7 nitrogen and oxygen atoms in total.